The summed E-state index contributed by atoms with van der Waals surface area (Å²) in [5, 5.41) is 23.3. The number of phenolic OH excluding ortho intramolecular Hbond substituents is 1. The summed E-state index contributed by atoms with van der Waals surface area (Å²) < 4.78 is 10.7. The van der Waals surface area contributed by atoms with Crippen LogP contribution < -0.4 is 15.0 Å². The largest absolute Gasteiger partial charge is 0.508 e. The molecule has 1 aromatic carbocycles. The molecule has 0 spiro atoms. The molecule has 2 aromatic rings. The van der Waals surface area contributed by atoms with Crippen molar-refractivity contribution in [2.24, 2.45) is 0 Å². The van der Waals surface area contributed by atoms with Crippen molar-refractivity contribution in [3.05, 3.63) is 48.2 Å². The first-order valence-electron chi connectivity index (χ1n) is 10.3. The lowest BCUT2D eigenvalue weighted by atomic mass is 10.0. The van der Waals surface area contributed by atoms with Crippen LogP contribution in [0.1, 0.15) is 30.1 Å². The highest BCUT2D eigenvalue weighted by Gasteiger charge is 2.25. The van der Waals surface area contributed by atoms with Crippen LogP contribution in [0, 0.1) is 0 Å². The minimum Gasteiger partial charge on any atom is -0.508 e. The van der Waals surface area contributed by atoms with Crippen molar-refractivity contribution in [1.82, 2.24) is 10.3 Å². The molecule has 2 heterocycles. The Bertz CT molecular complexity index is 809. The van der Waals surface area contributed by atoms with Crippen molar-refractivity contribution in [3.63, 3.8) is 0 Å². The van der Waals surface area contributed by atoms with Gasteiger partial charge in [0.15, 0.2) is 0 Å². The zero-order chi connectivity index (χ0) is 21.3. The summed E-state index contributed by atoms with van der Waals surface area (Å²) in [6.07, 6.45) is 2.66. The number of aromatic hydroxyl groups is 1. The molecule has 0 saturated carbocycles. The predicted molar refractivity (Wildman–Crippen MR) is 113 cm³/mol. The lowest BCUT2D eigenvalue weighted by Crippen LogP contribution is -2.47. The SMILES string of the molecule is CCOC(=O)c1ccnc(N(CC(O)COc2ccc(O)cc2)C2CCNCC2)c1. The number of aromatic nitrogens is 1. The average Bonchev–Trinajstić information content (AvgIpc) is 2.78. The molecule has 0 amide bonds. The van der Waals surface area contributed by atoms with E-state index >= 15 is 0 Å². The quantitative estimate of drug-likeness (QED) is 0.534. The maximum atomic E-state index is 12.1. The summed E-state index contributed by atoms with van der Waals surface area (Å²) in [6.45, 7) is 4.27. The molecule has 0 aliphatic carbocycles. The monoisotopic (exact) mass is 415 g/mol. The van der Waals surface area contributed by atoms with E-state index in [0.29, 0.717) is 30.3 Å². The van der Waals surface area contributed by atoms with Gasteiger partial charge in [0.1, 0.15) is 30.0 Å². The van der Waals surface area contributed by atoms with Crippen LogP contribution in [0.3, 0.4) is 0 Å². The van der Waals surface area contributed by atoms with Crippen molar-refractivity contribution in [1.29, 1.82) is 0 Å². The Morgan fingerprint density at radius 2 is 2.00 bits per heavy atom. The number of rotatable bonds is 9. The zero-order valence-electron chi connectivity index (χ0n) is 17.2. The molecule has 1 aliphatic heterocycles. The number of ether oxygens (including phenoxy) is 2. The van der Waals surface area contributed by atoms with Crippen LogP contribution in [0.25, 0.3) is 0 Å². The first-order valence-corrected chi connectivity index (χ1v) is 10.3. The molecular formula is C22H29N3O5. The van der Waals surface area contributed by atoms with Crippen LogP contribution in [-0.4, -0.2) is 66.2 Å². The molecule has 3 rings (SSSR count). The number of aliphatic hydroxyl groups is 1. The van der Waals surface area contributed by atoms with E-state index in [0.717, 1.165) is 25.9 Å². The van der Waals surface area contributed by atoms with Gasteiger partial charge < -0.3 is 29.9 Å². The van der Waals surface area contributed by atoms with Crippen LogP contribution in [0.2, 0.25) is 0 Å². The number of carbonyl (C=O) groups excluding carboxylic acids is 1. The topological polar surface area (TPSA) is 104 Å². The van der Waals surface area contributed by atoms with Crippen molar-refractivity contribution in [2.45, 2.75) is 31.9 Å². The van der Waals surface area contributed by atoms with Gasteiger partial charge in [-0.2, -0.15) is 0 Å². The molecule has 1 atom stereocenters. The van der Waals surface area contributed by atoms with Crippen molar-refractivity contribution < 1.29 is 24.5 Å². The van der Waals surface area contributed by atoms with Crippen LogP contribution in [0.5, 0.6) is 11.5 Å². The van der Waals surface area contributed by atoms with Crippen molar-refractivity contribution in [3.8, 4) is 11.5 Å². The molecule has 1 saturated heterocycles. The number of hydrogen-bond donors (Lipinski definition) is 3. The predicted octanol–water partition coefficient (Wildman–Crippen LogP) is 1.96. The third-order valence-electron chi connectivity index (χ3n) is 4.99. The molecule has 1 fully saturated rings. The molecule has 162 valence electrons. The smallest absolute Gasteiger partial charge is 0.338 e. The fourth-order valence-corrected chi connectivity index (χ4v) is 3.48. The van der Waals surface area contributed by atoms with E-state index in [4.69, 9.17) is 9.47 Å². The normalized spacial score (nSPS) is 15.4. The van der Waals surface area contributed by atoms with Crippen LogP contribution in [0.4, 0.5) is 5.82 Å². The minimum absolute atomic E-state index is 0.101. The second-order valence-corrected chi connectivity index (χ2v) is 7.22. The van der Waals surface area contributed by atoms with Crippen LogP contribution >= 0.6 is 0 Å². The standard InChI is InChI=1S/C22H29N3O5/c1-2-29-22(28)16-7-12-24-21(13-16)25(17-8-10-23-11-9-17)14-19(27)15-30-20-5-3-18(26)4-6-20/h3-7,12-13,17,19,23,26-27H,2,8-11,14-15H2,1H3. The molecule has 1 aliphatic rings. The Kier molecular flexibility index (Phi) is 7.87. The molecular weight excluding hydrogens is 386 g/mol. The fraction of sp³-hybridized carbons (Fsp3) is 0.455. The number of carbonyl (C=O) groups is 1. The van der Waals surface area contributed by atoms with Gasteiger partial charge in [-0.15, -0.1) is 0 Å². The number of anilines is 1. The lowest BCUT2D eigenvalue weighted by molar-refractivity contribution is 0.0526. The fourth-order valence-electron chi connectivity index (χ4n) is 3.48. The number of benzene rings is 1. The van der Waals surface area contributed by atoms with Gasteiger partial charge in [0, 0.05) is 18.8 Å². The van der Waals surface area contributed by atoms with Gasteiger partial charge in [-0.05, 0) is 69.3 Å². The summed E-state index contributed by atoms with van der Waals surface area (Å²) in [6, 6.07) is 9.91. The lowest BCUT2D eigenvalue weighted by Gasteiger charge is -2.36. The van der Waals surface area contributed by atoms with Gasteiger partial charge in [-0.3, -0.25) is 0 Å². The number of nitrogens with zero attached hydrogens (tertiary/aromatic N) is 2. The maximum Gasteiger partial charge on any atom is 0.338 e. The number of esters is 1. The second-order valence-electron chi connectivity index (χ2n) is 7.22. The number of nitrogens with one attached hydrogen (secondary N) is 1. The van der Waals surface area contributed by atoms with Crippen LogP contribution in [-0.2, 0) is 4.74 Å². The number of hydrogen-bond acceptors (Lipinski definition) is 8. The van der Waals surface area contributed by atoms with Crippen molar-refractivity contribution in [2.75, 3.05) is 37.7 Å². The third kappa shape index (κ3) is 6.08. The van der Waals surface area contributed by atoms with Crippen LogP contribution in [0.15, 0.2) is 42.6 Å². The molecule has 8 nitrogen and oxygen atoms in total. The van der Waals surface area contributed by atoms with E-state index < -0.39 is 6.10 Å². The first-order chi connectivity index (χ1) is 14.6. The molecule has 8 heteroatoms. The van der Waals surface area contributed by atoms with E-state index in [1.54, 1.807) is 37.4 Å². The summed E-state index contributed by atoms with van der Waals surface area (Å²) in [4.78, 5) is 18.6. The summed E-state index contributed by atoms with van der Waals surface area (Å²) in [5.74, 6) is 0.981. The Hall–Kier alpha value is -2.84. The number of phenols is 1. The first kappa shape index (κ1) is 21.9. The number of pyridine rings is 1. The average molecular weight is 415 g/mol. The highest BCUT2D eigenvalue weighted by atomic mass is 16.5. The van der Waals surface area contributed by atoms with E-state index in [2.05, 4.69) is 15.2 Å². The molecule has 0 bridgehead atoms. The van der Waals surface area contributed by atoms with Gasteiger partial charge in [-0.1, -0.05) is 0 Å². The highest BCUT2D eigenvalue weighted by Crippen LogP contribution is 2.22. The zero-order valence-corrected chi connectivity index (χ0v) is 17.2. The Morgan fingerprint density at radius 1 is 1.27 bits per heavy atom. The minimum atomic E-state index is -0.762. The Labute approximate surface area is 176 Å². The summed E-state index contributed by atoms with van der Waals surface area (Å²) in [7, 11) is 0. The molecule has 1 unspecified atom stereocenters. The summed E-state index contributed by atoms with van der Waals surface area (Å²) in [5.41, 5.74) is 0.440. The number of aliphatic hydroxyl groups excluding tert-OH is 1. The Balaban J connectivity index is 1.71. The van der Waals surface area contributed by atoms with E-state index in [1.165, 1.54) is 12.1 Å². The highest BCUT2D eigenvalue weighted by molar-refractivity contribution is 5.90. The molecule has 30 heavy (non-hydrogen) atoms. The van der Waals surface area contributed by atoms with Gasteiger partial charge in [0.2, 0.25) is 0 Å². The summed E-state index contributed by atoms with van der Waals surface area (Å²) >= 11 is 0. The molecule has 0 radical (unpaired) electrons. The van der Waals surface area contributed by atoms with E-state index in [-0.39, 0.29) is 24.4 Å². The number of piperidine rings is 1. The molecule has 1 aromatic heterocycles. The van der Waals surface area contributed by atoms with E-state index in [1.807, 2.05) is 0 Å². The maximum absolute atomic E-state index is 12.1. The van der Waals surface area contributed by atoms with Gasteiger partial charge in [0.05, 0.1) is 12.2 Å². The van der Waals surface area contributed by atoms with Crippen molar-refractivity contribution >= 4 is 11.8 Å². The third-order valence-corrected chi connectivity index (χ3v) is 4.99. The van der Waals surface area contributed by atoms with Gasteiger partial charge in [-0.25, -0.2) is 9.78 Å². The van der Waals surface area contributed by atoms with Gasteiger partial charge >= 0.3 is 5.97 Å². The van der Waals surface area contributed by atoms with E-state index in [9.17, 15) is 15.0 Å². The van der Waals surface area contributed by atoms with Gasteiger partial charge in [0.25, 0.3) is 0 Å². The second kappa shape index (κ2) is 10.8. The molecule has 3 N–H and O–H groups in total. The Morgan fingerprint density at radius 3 is 2.70 bits per heavy atom.